The Labute approximate surface area is 208 Å². The summed E-state index contributed by atoms with van der Waals surface area (Å²) < 4.78 is 27.2. The number of hydrogen-bond donors (Lipinski definition) is 0. The highest BCUT2D eigenvalue weighted by Crippen LogP contribution is 2.47. The summed E-state index contributed by atoms with van der Waals surface area (Å²) in [5.41, 5.74) is 2.15. The summed E-state index contributed by atoms with van der Waals surface area (Å²) in [5, 5.41) is 10.8. The van der Waals surface area contributed by atoms with E-state index >= 15 is 0 Å². The monoisotopic (exact) mass is 497 g/mol. The lowest BCUT2D eigenvalue weighted by Crippen LogP contribution is -2.47. The van der Waals surface area contributed by atoms with Crippen LogP contribution in [0.4, 0.5) is 5.69 Å². The third-order valence-electron chi connectivity index (χ3n) is 6.11. The summed E-state index contributed by atoms with van der Waals surface area (Å²) >= 11 is 1.46. The van der Waals surface area contributed by atoms with Crippen LogP contribution in [0.25, 0.3) is 0 Å². The summed E-state index contributed by atoms with van der Waals surface area (Å²) in [4.78, 5) is 17.1. The zero-order valence-corrected chi connectivity index (χ0v) is 21.1. The molecule has 2 aromatic rings. The molecule has 2 aliphatic rings. The minimum absolute atomic E-state index is 0.0672. The Morgan fingerprint density at radius 3 is 2.20 bits per heavy atom. The Hall–Kier alpha value is -3.71. The van der Waals surface area contributed by atoms with Gasteiger partial charge in [0.25, 0.3) is 0 Å². The van der Waals surface area contributed by atoms with Crippen molar-refractivity contribution in [1.82, 2.24) is 4.90 Å². The molecule has 1 amide bonds. The van der Waals surface area contributed by atoms with Gasteiger partial charge in [0.05, 0.1) is 70.5 Å². The fraction of sp³-hybridized carbons (Fsp3) is 0.360. The Balaban J connectivity index is 1.70. The molecule has 0 aliphatic carbocycles. The van der Waals surface area contributed by atoms with Gasteiger partial charge in [-0.15, -0.1) is 0 Å². The lowest BCUT2D eigenvalue weighted by atomic mass is 9.86. The second-order valence-electron chi connectivity index (χ2n) is 7.86. The maximum Gasteiger partial charge on any atom is 0.229 e. The average Bonchev–Trinajstić information content (AvgIpc) is 2.91. The molecule has 9 nitrogen and oxygen atoms in total. The molecular weight excluding hydrogens is 470 g/mol. The predicted octanol–water partition coefficient (Wildman–Crippen LogP) is 3.95. The zero-order chi connectivity index (χ0) is 25.1. The first-order chi connectivity index (χ1) is 17.0. The highest BCUT2D eigenvalue weighted by atomic mass is 32.2. The maximum atomic E-state index is 13.3. The van der Waals surface area contributed by atoms with Crippen LogP contribution in [0, 0.1) is 11.3 Å². The van der Waals surface area contributed by atoms with Crippen molar-refractivity contribution in [1.29, 1.82) is 5.26 Å². The van der Waals surface area contributed by atoms with E-state index in [1.807, 2.05) is 23.1 Å². The standard InChI is InChI=1S/C25H27N3O6S/c1-30-16-6-7-19(20(10-16)31-2)27-13-28-23(29)11-17(18(12-26)25(28)35-14-27)15-8-21(32-3)24(34-5)22(9-15)33-4/h6-10,17H,11,13-14H2,1-5H3. The minimum Gasteiger partial charge on any atom is -0.497 e. The summed E-state index contributed by atoms with van der Waals surface area (Å²) in [6, 6.07) is 11.5. The maximum absolute atomic E-state index is 13.3. The van der Waals surface area contributed by atoms with E-state index in [1.54, 1.807) is 31.3 Å². The van der Waals surface area contributed by atoms with Crippen molar-refractivity contribution >= 4 is 23.4 Å². The largest absolute Gasteiger partial charge is 0.497 e. The van der Waals surface area contributed by atoms with E-state index in [1.165, 1.54) is 33.1 Å². The molecule has 2 aromatic carbocycles. The van der Waals surface area contributed by atoms with Gasteiger partial charge in [0.2, 0.25) is 11.7 Å². The van der Waals surface area contributed by atoms with Crippen LogP contribution in [0.5, 0.6) is 28.7 Å². The van der Waals surface area contributed by atoms with Gasteiger partial charge in [-0.25, -0.2) is 0 Å². The number of methoxy groups -OCH3 is 5. The molecule has 2 aliphatic heterocycles. The Kier molecular flexibility index (Phi) is 7.17. The van der Waals surface area contributed by atoms with E-state index in [2.05, 4.69) is 6.07 Å². The Bertz CT molecular complexity index is 1180. The first-order valence-electron chi connectivity index (χ1n) is 10.8. The van der Waals surface area contributed by atoms with E-state index in [9.17, 15) is 10.1 Å². The highest BCUT2D eigenvalue weighted by Gasteiger charge is 2.39. The first-order valence-corrected chi connectivity index (χ1v) is 11.8. The van der Waals surface area contributed by atoms with Gasteiger partial charge in [-0.2, -0.15) is 5.26 Å². The van der Waals surface area contributed by atoms with Gasteiger partial charge in [0.1, 0.15) is 11.5 Å². The molecule has 1 unspecified atom stereocenters. The smallest absolute Gasteiger partial charge is 0.229 e. The molecule has 0 saturated carbocycles. The van der Waals surface area contributed by atoms with E-state index in [-0.39, 0.29) is 12.3 Å². The second kappa shape index (κ2) is 10.3. The van der Waals surface area contributed by atoms with Crippen LogP contribution in [-0.2, 0) is 4.79 Å². The SMILES string of the molecule is COc1ccc(N2CSC3=C(C#N)C(c4cc(OC)c(OC)c(OC)c4)CC(=O)N3C2)c(OC)c1. The number of hydrogen-bond acceptors (Lipinski definition) is 9. The van der Waals surface area contributed by atoms with Crippen LogP contribution in [0.15, 0.2) is 40.9 Å². The second-order valence-corrected chi connectivity index (χ2v) is 8.79. The molecule has 184 valence electrons. The summed E-state index contributed by atoms with van der Waals surface area (Å²) in [5.74, 6) is 2.83. The molecule has 1 saturated heterocycles. The molecule has 0 N–H and O–H groups in total. The molecule has 0 bridgehead atoms. The fourth-order valence-corrected chi connectivity index (χ4v) is 5.51. The van der Waals surface area contributed by atoms with Crippen molar-refractivity contribution in [2.75, 3.05) is 53.0 Å². The molecule has 4 rings (SSSR count). The van der Waals surface area contributed by atoms with Crippen LogP contribution >= 0.6 is 11.8 Å². The first kappa shape index (κ1) is 24.4. The topological polar surface area (TPSA) is 93.5 Å². The van der Waals surface area contributed by atoms with Gasteiger partial charge in [-0.3, -0.25) is 9.69 Å². The number of rotatable bonds is 7. The van der Waals surface area contributed by atoms with Gasteiger partial charge in [0, 0.05) is 18.4 Å². The van der Waals surface area contributed by atoms with Crippen molar-refractivity contribution in [3.05, 3.63) is 46.5 Å². The van der Waals surface area contributed by atoms with Crippen molar-refractivity contribution in [3.8, 4) is 34.8 Å². The Morgan fingerprint density at radius 1 is 0.943 bits per heavy atom. The number of amides is 1. The molecule has 35 heavy (non-hydrogen) atoms. The lowest BCUT2D eigenvalue weighted by molar-refractivity contribution is -0.129. The molecule has 1 fully saturated rings. The van der Waals surface area contributed by atoms with Crippen molar-refractivity contribution < 1.29 is 28.5 Å². The summed E-state index contributed by atoms with van der Waals surface area (Å²) in [6.45, 7) is 0.316. The Morgan fingerprint density at radius 2 is 1.63 bits per heavy atom. The quantitative estimate of drug-likeness (QED) is 0.564. The third-order valence-corrected chi connectivity index (χ3v) is 7.27. The fourth-order valence-electron chi connectivity index (χ4n) is 4.35. The van der Waals surface area contributed by atoms with Crippen LogP contribution in [0.3, 0.4) is 0 Å². The number of anilines is 1. The number of carbonyl (C=O) groups excluding carboxylic acids is 1. The number of benzene rings is 2. The minimum atomic E-state index is -0.415. The van der Waals surface area contributed by atoms with Gasteiger partial charge < -0.3 is 28.6 Å². The van der Waals surface area contributed by atoms with Gasteiger partial charge >= 0.3 is 0 Å². The van der Waals surface area contributed by atoms with Crippen molar-refractivity contribution in [3.63, 3.8) is 0 Å². The van der Waals surface area contributed by atoms with E-state index in [4.69, 9.17) is 23.7 Å². The number of carbonyl (C=O) groups is 1. The average molecular weight is 498 g/mol. The van der Waals surface area contributed by atoms with E-state index in [0.29, 0.717) is 51.9 Å². The van der Waals surface area contributed by atoms with Gasteiger partial charge in [-0.05, 0) is 29.8 Å². The normalized spacial score (nSPS) is 17.5. The zero-order valence-electron chi connectivity index (χ0n) is 20.3. The van der Waals surface area contributed by atoms with E-state index in [0.717, 1.165) is 11.3 Å². The molecule has 10 heteroatoms. The number of nitrogens with zero attached hydrogens (tertiary/aromatic N) is 3. The molecule has 0 radical (unpaired) electrons. The number of nitriles is 1. The van der Waals surface area contributed by atoms with Crippen LogP contribution in [0.2, 0.25) is 0 Å². The van der Waals surface area contributed by atoms with Gasteiger partial charge in [0.15, 0.2) is 11.5 Å². The predicted molar refractivity (Wildman–Crippen MR) is 132 cm³/mol. The molecule has 0 spiro atoms. The van der Waals surface area contributed by atoms with Gasteiger partial charge in [-0.1, -0.05) is 11.8 Å². The van der Waals surface area contributed by atoms with Crippen LogP contribution in [-0.4, -0.2) is 58.9 Å². The third kappa shape index (κ3) is 4.39. The molecule has 1 atom stereocenters. The molecule has 2 heterocycles. The highest BCUT2D eigenvalue weighted by molar-refractivity contribution is 8.03. The van der Waals surface area contributed by atoms with Crippen molar-refractivity contribution in [2.45, 2.75) is 12.3 Å². The number of fused-ring (bicyclic) bond motifs is 1. The van der Waals surface area contributed by atoms with Crippen LogP contribution in [0.1, 0.15) is 17.9 Å². The lowest BCUT2D eigenvalue weighted by Gasteiger charge is -2.42. The molecule has 0 aromatic heterocycles. The number of ether oxygens (including phenoxy) is 5. The van der Waals surface area contributed by atoms with Crippen molar-refractivity contribution in [2.24, 2.45) is 0 Å². The summed E-state index contributed by atoms with van der Waals surface area (Å²) in [6.07, 6.45) is 0.152. The summed E-state index contributed by atoms with van der Waals surface area (Å²) in [7, 11) is 7.81. The van der Waals surface area contributed by atoms with E-state index < -0.39 is 5.92 Å². The number of thioether (sulfide) groups is 1. The van der Waals surface area contributed by atoms with Crippen LogP contribution < -0.4 is 28.6 Å². The molecular formula is C25H27N3O6S. The number of allylic oxidation sites excluding steroid dienone is 1.